The lowest BCUT2D eigenvalue weighted by Crippen LogP contribution is -2.57. The molecule has 0 amide bonds. The third-order valence-electron chi connectivity index (χ3n) is 5.25. The third-order valence-corrected chi connectivity index (χ3v) is 5.25. The van der Waals surface area contributed by atoms with E-state index < -0.39 is 30.9 Å². The lowest BCUT2D eigenvalue weighted by atomic mass is 9.97. The van der Waals surface area contributed by atoms with Crippen LogP contribution in [0.5, 0.6) is 0 Å². The highest BCUT2D eigenvalue weighted by atomic mass is 19.4. The SMILES string of the molecule is CC(C)(c1cc2cnccc2o1)N1CCN[C@H](COCNCC(F)(F)C(F)(F)F)C1. The van der Waals surface area contributed by atoms with Gasteiger partial charge in [-0.3, -0.25) is 15.2 Å². The van der Waals surface area contributed by atoms with Gasteiger partial charge in [0.1, 0.15) is 11.3 Å². The summed E-state index contributed by atoms with van der Waals surface area (Å²) in [4.78, 5) is 6.31. The van der Waals surface area contributed by atoms with Crippen LogP contribution in [0.15, 0.2) is 28.9 Å². The number of aromatic nitrogens is 1. The average molecular weight is 436 g/mol. The Morgan fingerprint density at radius 2 is 2.07 bits per heavy atom. The molecule has 0 radical (unpaired) electrons. The third kappa shape index (κ3) is 5.08. The van der Waals surface area contributed by atoms with Gasteiger partial charge < -0.3 is 14.5 Å². The van der Waals surface area contributed by atoms with Crippen LogP contribution in [-0.4, -0.2) is 67.5 Å². The fourth-order valence-corrected chi connectivity index (χ4v) is 3.37. The standard InChI is InChI=1S/C19H25F5N4O2/c1-17(2,16-7-13-8-25-4-3-15(13)30-16)28-6-5-27-14(9-28)10-29-12-26-11-18(20,21)19(22,23)24/h3-4,7-8,14,26-27H,5-6,9-12H2,1-2H3/t14-/m0/s1. The van der Waals surface area contributed by atoms with Gasteiger partial charge in [0, 0.05) is 43.5 Å². The Bertz CT molecular complexity index is 807. The van der Waals surface area contributed by atoms with Crippen LogP contribution in [0, 0.1) is 0 Å². The van der Waals surface area contributed by atoms with Gasteiger partial charge in [-0.1, -0.05) is 0 Å². The number of ether oxygens (including phenoxy) is 1. The molecule has 1 aliphatic rings. The number of nitrogens with zero attached hydrogens (tertiary/aromatic N) is 2. The highest BCUT2D eigenvalue weighted by Crippen LogP contribution is 2.35. The van der Waals surface area contributed by atoms with Gasteiger partial charge in [0.05, 0.1) is 25.4 Å². The summed E-state index contributed by atoms with van der Waals surface area (Å²) >= 11 is 0. The highest BCUT2D eigenvalue weighted by Gasteiger charge is 2.56. The van der Waals surface area contributed by atoms with Gasteiger partial charge in [-0.2, -0.15) is 22.0 Å². The molecule has 3 heterocycles. The molecule has 2 aromatic rings. The molecule has 0 saturated carbocycles. The van der Waals surface area contributed by atoms with Crippen LogP contribution in [0.25, 0.3) is 11.0 Å². The van der Waals surface area contributed by atoms with Crippen molar-refractivity contribution < 1.29 is 31.1 Å². The molecule has 11 heteroatoms. The number of piperazine rings is 1. The van der Waals surface area contributed by atoms with E-state index in [0.29, 0.717) is 13.1 Å². The molecular weight excluding hydrogens is 411 g/mol. The molecule has 0 unspecified atom stereocenters. The first-order chi connectivity index (χ1) is 14.0. The van der Waals surface area contributed by atoms with Crippen LogP contribution in [-0.2, 0) is 10.3 Å². The van der Waals surface area contributed by atoms with E-state index in [4.69, 9.17) is 9.15 Å². The summed E-state index contributed by atoms with van der Waals surface area (Å²) in [5, 5.41) is 6.18. The van der Waals surface area contributed by atoms with Crippen LogP contribution in [0.4, 0.5) is 22.0 Å². The van der Waals surface area contributed by atoms with E-state index in [0.717, 1.165) is 23.3 Å². The summed E-state index contributed by atoms with van der Waals surface area (Å²) < 4.78 is 73.4. The summed E-state index contributed by atoms with van der Waals surface area (Å²) in [5.74, 6) is -3.99. The van der Waals surface area contributed by atoms with Crippen molar-refractivity contribution in [2.75, 3.05) is 39.5 Å². The van der Waals surface area contributed by atoms with Crippen LogP contribution in [0.3, 0.4) is 0 Å². The number of halogens is 5. The second-order valence-electron chi connectivity index (χ2n) is 7.82. The van der Waals surface area contributed by atoms with E-state index >= 15 is 0 Å². The molecule has 2 N–H and O–H groups in total. The lowest BCUT2D eigenvalue weighted by Gasteiger charge is -2.42. The van der Waals surface area contributed by atoms with Gasteiger partial charge in [0.25, 0.3) is 0 Å². The Hall–Kier alpha value is -1.82. The molecule has 30 heavy (non-hydrogen) atoms. The average Bonchev–Trinajstić information content (AvgIpc) is 3.12. The molecule has 1 saturated heterocycles. The van der Waals surface area contributed by atoms with Crippen LogP contribution >= 0.6 is 0 Å². The molecule has 6 nitrogen and oxygen atoms in total. The number of hydrogen-bond donors (Lipinski definition) is 2. The largest absolute Gasteiger partial charge is 0.459 e. The topological polar surface area (TPSA) is 62.6 Å². The smallest absolute Gasteiger partial charge is 0.454 e. The fraction of sp³-hybridized carbons (Fsp3) is 0.632. The zero-order chi connectivity index (χ0) is 22.0. The highest BCUT2D eigenvalue weighted by molar-refractivity contribution is 5.76. The second kappa shape index (κ2) is 8.74. The van der Waals surface area contributed by atoms with Crippen molar-refractivity contribution in [1.29, 1.82) is 0 Å². The lowest BCUT2D eigenvalue weighted by molar-refractivity contribution is -0.279. The van der Waals surface area contributed by atoms with E-state index in [1.165, 1.54) is 0 Å². The fourth-order valence-electron chi connectivity index (χ4n) is 3.37. The van der Waals surface area contributed by atoms with Crippen LogP contribution in [0.1, 0.15) is 19.6 Å². The number of rotatable bonds is 8. The van der Waals surface area contributed by atoms with Crippen LogP contribution < -0.4 is 10.6 Å². The van der Waals surface area contributed by atoms with E-state index in [-0.39, 0.29) is 12.6 Å². The van der Waals surface area contributed by atoms with Gasteiger partial charge in [0.15, 0.2) is 0 Å². The van der Waals surface area contributed by atoms with Crippen molar-refractivity contribution in [3.8, 4) is 0 Å². The van der Waals surface area contributed by atoms with E-state index in [1.54, 1.807) is 18.5 Å². The molecular formula is C19H25F5N4O2. The maximum absolute atomic E-state index is 12.9. The molecule has 1 atom stereocenters. The number of alkyl halides is 5. The van der Waals surface area contributed by atoms with Crippen molar-refractivity contribution in [2.24, 2.45) is 0 Å². The van der Waals surface area contributed by atoms with Crippen molar-refractivity contribution in [1.82, 2.24) is 20.5 Å². The van der Waals surface area contributed by atoms with Crippen molar-refractivity contribution in [3.05, 3.63) is 30.3 Å². The number of hydrogen-bond acceptors (Lipinski definition) is 6. The van der Waals surface area contributed by atoms with Gasteiger partial charge in [-0.05, 0) is 26.0 Å². The molecule has 0 aromatic carbocycles. The molecule has 0 spiro atoms. The van der Waals surface area contributed by atoms with E-state index in [9.17, 15) is 22.0 Å². The molecule has 1 aliphatic heterocycles. The maximum Gasteiger partial charge on any atom is 0.454 e. The Kier molecular flexibility index (Phi) is 6.66. The summed E-state index contributed by atoms with van der Waals surface area (Å²) in [6, 6.07) is 3.66. The zero-order valence-electron chi connectivity index (χ0n) is 16.7. The van der Waals surface area contributed by atoms with Gasteiger partial charge in [-0.25, -0.2) is 0 Å². The first-order valence-corrected chi connectivity index (χ1v) is 9.56. The Morgan fingerprint density at radius 1 is 1.30 bits per heavy atom. The monoisotopic (exact) mass is 436 g/mol. The minimum Gasteiger partial charge on any atom is -0.459 e. The summed E-state index contributed by atoms with van der Waals surface area (Å²) in [6.45, 7) is 4.37. The normalized spacial score (nSPS) is 19.5. The summed E-state index contributed by atoms with van der Waals surface area (Å²) in [6.07, 6.45) is -2.18. The predicted octanol–water partition coefficient (Wildman–Crippen LogP) is 3.10. The minimum atomic E-state index is -5.58. The van der Waals surface area contributed by atoms with E-state index in [2.05, 4.69) is 15.2 Å². The Balaban J connectivity index is 1.50. The molecule has 0 aliphatic carbocycles. The Labute approximate surface area is 170 Å². The minimum absolute atomic E-state index is 0.103. The number of pyridine rings is 1. The van der Waals surface area contributed by atoms with Crippen molar-refractivity contribution >= 4 is 11.0 Å². The van der Waals surface area contributed by atoms with Crippen LogP contribution in [0.2, 0.25) is 0 Å². The number of fused-ring (bicyclic) bond motifs is 1. The number of furan rings is 1. The Morgan fingerprint density at radius 3 is 2.77 bits per heavy atom. The van der Waals surface area contributed by atoms with E-state index in [1.807, 2.05) is 25.2 Å². The molecule has 1 fully saturated rings. The molecule has 0 bridgehead atoms. The predicted molar refractivity (Wildman–Crippen MR) is 100 cm³/mol. The van der Waals surface area contributed by atoms with Crippen molar-refractivity contribution in [3.63, 3.8) is 0 Å². The van der Waals surface area contributed by atoms with Gasteiger partial charge in [-0.15, -0.1) is 0 Å². The molecule has 168 valence electrons. The van der Waals surface area contributed by atoms with Crippen molar-refractivity contribution in [2.45, 2.75) is 37.5 Å². The summed E-state index contributed by atoms with van der Waals surface area (Å²) in [7, 11) is 0. The first kappa shape index (κ1) is 22.9. The zero-order valence-corrected chi connectivity index (χ0v) is 16.7. The second-order valence-corrected chi connectivity index (χ2v) is 7.82. The number of nitrogens with one attached hydrogen (secondary N) is 2. The maximum atomic E-state index is 12.9. The quantitative estimate of drug-likeness (QED) is 0.377. The van der Waals surface area contributed by atoms with Gasteiger partial charge in [0.2, 0.25) is 0 Å². The molecule has 3 rings (SSSR count). The molecule has 2 aromatic heterocycles. The summed E-state index contributed by atoms with van der Waals surface area (Å²) in [5.41, 5.74) is 0.344. The van der Waals surface area contributed by atoms with Gasteiger partial charge >= 0.3 is 12.1 Å². The first-order valence-electron chi connectivity index (χ1n) is 9.56.